The van der Waals surface area contributed by atoms with Crippen molar-refractivity contribution >= 4 is 34.9 Å². The summed E-state index contributed by atoms with van der Waals surface area (Å²) in [6.45, 7) is 0. The van der Waals surface area contributed by atoms with Crippen LogP contribution in [0.2, 0.25) is 10.0 Å². The molecule has 3 nitrogen and oxygen atoms in total. The van der Waals surface area contributed by atoms with Gasteiger partial charge in [-0.1, -0.05) is 41.4 Å². The van der Waals surface area contributed by atoms with Crippen molar-refractivity contribution in [3.63, 3.8) is 0 Å². The van der Waals surface area contributed by atoms with E-state index in [-0.39, 0.29) is 0 Å². The Labute approximate surface area is 120 Å². The number of hydrogen-bond acceptors (Lipinski definition) is 2. The maximum atomic E-state index is 11.4. The summed E-state index contributed by atoms with van der Waals surface area (Å²) < 4.78 is 0. The number of rotatable bonds is 4. The summed E-state index contributed by atoms with van der Waals surface area (Å²) >= 11 is 11.8. The highest BCUT2D eigenvalue weighted by Crippen LogP contribution is 2.26. The molecule has 0 aromatic heterocycles. The summed E-state index contributed by atoms with van der Waals surface area (Å²) in [6, 6.07) is 12.9. The predicted octanol–water partition coefficient (Wildman–Crippen LogP) is 4.23. The van der Waals surface area contributed by atoms with E-state index in [1.54, 1.807) is 30.3 Å². The molecule has 2 N–H and O–H groups in total. The highest BCUT2D eigenvalue weighted by molar-refractivity contribution is 6.34. The number of aliphatic carboxylic acids is 1. The van der Waals surface area contributed by atoms with Crippen molar-refractivity contribution in [1.29, 1.82) is 0 Å². The Morgan fingerprint density at radius 3 is 2.16 bits per heavy atom. The average Bonchev–Trinajstić information content (AvgIpc) is 2.35. The smallest absolute Gasteiger partial charge is 0.330 e. The lowest BCUT2D eigenvalue weighted by Crippen LogP contribution is -2.20. The Morgan fingerprint density at radius 1 is 1.05 bits per heavy atom. The maximum absolute atomic E-state index is 11.4. The number of carboxylic acid groups (broad SMARTS) is 1. The van der Waals surface area contributed by atoms with Gasteiger partial charge in [-0.2, -0.15) is 0 Å². The van der Waals surface area contributed by atoms with Crippen LogP contribution in [0.15, 0.2) is 48.5 Å². The molecule has 0 saturated carbocycles. The Bertz CT molecular complexity index is 567. The molecule has 0 aliphatic heterocycles. The van der Waals surface area contributed by atoms with E-state index in [4.69, 9.17) is 23.2 Å². The van der Waals surface area contributed by atoms with E-state index in [0.717, 1.165) is 0 Å². The molecular formula is C14H11Cl2NO2. The van der Waals surface area contributed by atoms with Gasteiger partial charge < -0.3 is 10.4 Å². The van der Waals surface area contributed by atoms with Gasteiger partial charge in [0.2, 0.25) is 0 Å². The van der Waals surface area contributed by atoms with Crippen molar-refractivity contribution in [2.24, 2.45) is 0 Å². The molecule has 19 heavy (non-hydrogen) atoms. The van der Waals surface area contributed by atoms with Crippen LogP contribution in [0.5, 0.6) is 0 Å². The normalized spacial score (nSPS) is 11.9. The van der Waals surface area contributed by atoms with Gasteiger partial charge in [0.25, 0.3) is 0 Å². The van der Waals surface area contributed by atoms with Crippen LogP contribution in [0.4, 0.5) is 5.69 Å². The quantitative estimate of drug-likeness (QED) is 0.887. The van der Waals surface area contributed by atoms with Crippen LogP contribution in [0.25, 0.3) is 0 Å². The minimum absolute atomic E-state index is 0.406. The number of carboxylic acids is 1. The Balaban J connectivity index is 2.32. The zero-order chi connectivity index (χ0) is 13.8. The molecule has 98 valence electrons. The van der Waals surface area contributed by atoms with E-state index in [1.807, 2.05) is 18.2 Å². The summed E-state index contributed by atoms with van der Waals surface area (Å²) in [5.41, 5.74) is 1.22. The van der Waals surface area contributed by atoms with E-state index in [0.29, 0.717) is 21.3 Å². The third-order valence-corrected chi connectivity index (χ3v) is 2.99. The first-order chi connectivity index (χ1) is 9.06. The monoisotopic (exact) mass is 295 g/mol. The van der Waals surface area contributed by atoms with Crippen LogP contribution in [0.3, 0.4) is 0 Å². The van der Waals surface area contributed by atoms with E-state index < -0.39 is 12.0 Å². The molecule has 2 rings (SSSR count). The van der Waals surface area contributed by atoms with Crippen LogP contribution < -0.4 is 5.32 Å². The van der Waals surface area contributed by atoms with E-state index >= 15 is 0 Å². The van der Waals surface area contributed by atoms with Crippen LogP contribution >= 0.6 is 23.2 Å². The fourth-order valence-electron chi connectivity index (χ4n) is 1.73. The molecule has 0 heterocycles. The first kappa shape index (κ1) is 13.7. The van der Waals surface area contributed by atoms with Crippen molar-refractivity contribution in [3.05, 3.63) is 64.1 Å². The number of para-hydroxylation sites is 1. The van der Waals surface area contributed by atoms with Gasteiger partial charge in [-0.05, 0) is 35.9 Å². The van der Waals surface area contributed by atoms with Crippen molar-refractivity contribution in [2.45, 2.75) is 6.04 Å². The maximum Gasteiger partial charge on any atom is 0.330 e. The van der Waals surface area contributed by atoms with Gasteiger partial charge in [0.1, 0.15) is 0 Å². The highest BCUT2D eigenvalue weighted by Gasteiger charge is 2.20. The predicted molar refractivity (Wildman–Crippen MR) is 76.9 cm³/mol. The summed E-state index contributed by atoms with van der Waals surface area (Å²) in [6.07, 6.45) is 0. The van der Waals surface area contributed by atoms with E-state index in [1.165, 1.54) is 0 Å². The molecule has 1 unspecified atom stereocenters. The average molecular weight is 296 g/mol. The first-order valence-electron chi connectivity index (χ1n) is 5.56. The molecule has 1 atom stereocenters. The Kier molecular flexibility index (Phi) is 4.30. The van der Waals surface area contributed by atoms with Crippen LogP contribution in [-0.2, 0) is 4.79 Å². The van der Waals surface area contributed by atoms with Gasteiger partial charge in [0, 0.05) is 15.7 Å². The Hall–Kier alpha value is -1.71. The molecule has 2 aromatic carbocycles. The molecule has 0 amide bonds. The van der Waals surface area contributed by atoms with Gasteiger partial charge in [0.05, 0.1) is 0 Å². The summed E-state index contributed by atoms with van der Waals surface area (Å²) in [5, 5.41) is 13.1. The fraction of sp³-hybridized carbons (Fsp3) is 0.0714. The van der Waals surface area contributed by atoms with Crippen molar-refractivity contribution in [2.75, 3.05) is 5.32 Å². The lowest BCUT2D eigenvalue weighted by atomic mass is 10.1. The summed E-state index contributed by atoms with van der Waals surface area (Å²) in [7, 11) is 0. The van der Waals surface area contributed by atoms with Gasteiger partial charge in [0.15, 0.2) is 6.04 Å². The molecule has 0 fully saturated rings. The highest BCUT2D eigenvalue weighted by atomic mass is 35.5. The molecule has 0 saturated heterocycles. The minimum atomic E-state index is -0.998. The third-order valence-electron chi connectivity index (χ3n) is 2.55. The fourth-order valence-corrected chi connectivity index (χ4v) is 2.27. The lowest BCUT2D eigenvalue weighted by molar-refractivity contribution is -0.138. The van der Waals surface area contributed by atoms with Crippen molar-refractivity contribution in [3.8, 4) is 0 Å². The van der Waals surface area contributed by atoms with Crippen LogP contribution in [0, 0.1) is 0 Å². The zero-order valence-corrected chi connectivity index (χ0v) is 11.3. The third kappa shape index (κ3) is 3.63. The van der Waals surface area contributed by atoms with Crippen molar-refractivity contribution < 1.29 is 9.90 Å². The molecule has 0 spiro atoms. The van der Waals surface area contributed by atoms with Gasteiger partial charge in [-0.25, -0.2) is 4.79 Å². The standard InChI is InChI=1S/C14H11Cl2NO2/c15-10-6-9(7-11(16)8-10)13(14(18)19)17-12-4-2-1-3-5-12/h1-8,13,17H,(H,18,19). The molecule has 0 aliphatic rings. The topological polar surface area (TPSA) is 49.3 Å². The second kappa shape index (κ2) is 5.95. The van der Waals surface area contributed by atoms with E-state index in [2.05, 4.69) is 5.32 Å². The first-order valence-corrected chi connectivity index (χ1v) is 6.32. The lowest BCUT2D eigenvalue weighted by Gasteiger charge is -2.16. The second-order valence-electron chi connectivity index (χ2n) is 3.98. The number of benzene rings is 2. The molecule has 5 heteroatoms. The molecule has 0 radical (unpaired) electrons. The molecular weight excluding hydrogens is 285 g/mol. The van der Waals surface area contributed by atoms with Crippen LogP contribution in [0.1, 0.15) is 11.6 Å². The van der Waals surface area contributed by atoms with Crippen molar-refractivity contribution in [1.82, 2.24) is 0 Å². The number of hydrogen-bond donors (Lipinski definition) is 2. The number of halogens is 2. The number of anilines is 1. The summed E-state index contributed by atoms with van der Waals surface area (Å²) in [5.74, 6) is -0.998. The largest absolute Gasteiger partial charge is 0.479 e. The Morgan fingerprint density at radius 2 is 1.63 bits per heavy atom. The number of carbonyl (C=O) groups is 1. The molecule has 0 bridgehead atoms. The molecule has 2 aromatic rings. The second-order valence-corrected chi connectivity index (χ2v) is 4.86. The minimum Gasteiger partial charge on any atom is -0.479 e. The van der Waals surface area contributed by atoms with Gasteiger partial charge in [-0.3, -0.25) is 0 Å². The summed E-state index contributed by atoms with van der Waals surface area (Å²) in [4.78, 5) is 11.4. The SMILES string of the molecule is O=C(O)C(Nc1ccccc1)c1cc(Cl)cc(Cl)c1. The molecule has 0 aliphatic carbocycles. The van der Waals surface area contributed by atoms with Gasteiger partial charge >= 0.3 is 5.97 Å². The van der Waals surface area contributed by atoms with Gasteiger partial charge in [-0.15, -0.1) is 0 Å². The van der Waals surface area contributed by atoms with Crippen LogP contribution in [-0.4, -0.2) is 11.1 Å². The zero-order valence-electron chi connectivity index (χ0n) is 9.81. The number of nitrogens with one attached hydrogen (secondary N) is 1. The van der Waals surface area contributed by atoms with E-state index in [9.17, 15) is 9.90 Å².